The Kier molecular flexibility index (Phi) is 10.2. The molecule has 0 heterocycles. The fourth-order valence-corrected chi connectivity index (χ4v) is 5.51. The van der Waals surface area contributed by atoms with Crippen molar-refractivity contribution >= 4 is 63.4 Å². The van der Waals surface area contributed by atoms with Crippen molar-refractivity contribution in [2.45, 2.75) is 52.4 Å². The molecule has 0 saturated carbocycles. The Morgan fingerprint density at radius 3 is 1.07 bits per heavy atom. The van der Waals surface area contributed by atoms with Gasteiger partial charge in [-0.3, -0.25) is 0 Å². The molecule has 2 radical (unpaired) electrons. The fraction of sp³-hybridized carbons (Fsp3) is 0.211. The molecule has 0 aliphatic rings. The lowest BCUT2D eigenvalue weighted by Crippen LogP contribution is -2.13. The van der Waals surface area contributed by atoms with Crippen molar-refractivity contribution in [3.05, 3.63) is 137 Å². The molecule has 210 valence electrons. The summed E-state index contributed by atoms with van der Waals surface area (Å²) >= 11 is 3.60. The number of nitrogens with zero attached hydrogens (tertiary/aromatic N) is 2. The number of anilines is 6. The van der Waals surface area contributed by atoms with E-state index in [1.807, 2.05) is 12.1 Å². The van der Waals surface area contributed by atoms with Gasteiger partial charge in [-0.1, -0.05) is 84.5 Å². The monoisotopic (exact) mass is 612 g/mol. The van der Waals surface area contributed by atoms with Crippen molar-refractivity contribution in [2.24, 2.45) is 0 Å². The third kappa shape index (κ3) is 7.35. The van der Waals surface area contributed by atoms with Crippen LogP contribution < -0.4 is 15.3 Å². The van der Waals surface area contributed by atoms with E-state index in [9.17, 15) is 0 Å². The number of hydrogen-bond acceptors (Lipinski definition) is 2. The smallest absolute Gasteiger partial charge is 0.113 e. The molecule has 5 aromatic rings. The first-order chi connectivity index (χ1) is 20.6. The van der Waals surface area contributed by atoms with E-state index in [-0.39, 0.29) is 0 Å². The minimum absolute atomic E-state index is 0.759. The molecule has 0 aliphatic carbocycles. The number of benzene rings is 5. The molecule has 5 aromatic carbocycles. The van der Waals surface area contributed by atoms with Gasteiger partial charge in [-0.15, -0.1) is 0 Å². The number of hydrogen-bond donors (Lipinski definition) is 0. The minimum Gasteiger partial charge on any atom is -0.311 e. The molecule has 0 bridgehead atoms. The van der Waals surface area contributed by atoms with E-state index in [0.29, 0.717) is 0 Å². The Bertz CT molecular complexity index is 1410. The third-order valence-corrected chi connectivity index (χ3v) is 8.16. The maximum Gasteiger partial charge on any atom is 0.113 e. The number of halogens is 1. The first-order valence-corrected chi connectivity index (χ1v) is 15.8. The van der Waals surface area contributed by atoms with Crippen molar-refractivity contribution < 1.29 is 0 Å². The first kappa shape index (κ1) is 29.7. The van der Waals surface area contributed by atoms with Gasteiger partial charge in [0, 0.05) is 38.6 Å². The van der Waals surface area contributed by atoms with Crippen molar-refractivity contribution in [2.75, 3.05) is 9.80 Å². The molecule has 0 N–H and O–H groups in total. The highest BCUT2D eigenvalue weighted by molar-refractivity contribution is 9.10. The second-order valence-electron chi connectivity index (χ2n) is 10.8. The second kappa shape index (κ2) is 14.4. The Morgan fingerprint density at radius 1 is 0.452 bits per heavy atom. The van der Waals surface area contributed by atoms with E-state index >= 15 is 0 Å². The Balaban J connectivity index is 1.51. The third-order valence-electron chi connectivity index (χ3n) is 7.63. The van der Waals surface area contributed by atoms with Gasteiger partial charge in [-0.05, 0) is 122 Å². The zero-order valence-corrected chi connectivity index (χ0v) is 26.2. The van der Waals surface area contributed by atoms with Crippen LogP contribution in [0.1, 0.15) is 50.7 Å². The average molecular weight is 613 g/mol. The number of aryl methyl sites for hydroxylation is 2. The highest BCUT2D eigenvalue weighted by Crippen LogP contribution is 2.39. The van der Waals surface area contributed by atoms with Gasteiger partial charge < -0.3 is 9.80 Å². The van der Waals surface area contributed by atoms with Gasteiger partial charge in [0.2, 0.25) is 0 Å². The normalized spacial score (nSPS) is 10.9. The number of unbranched alkanes of at least 4 members (excludes halogenated alkanes) is 2. The molecule has 0 atom stereocenters. The average Bonchev–Trinajstić information content (AvgIpc) is 3.03. The molecule has 0 amide bonds. The van der Waals surface area contributed by atoms with Crippen LogP contribution in [0.2, 0.25) is 0 Å². The van der Waals surface area contributed by atoms with Crippen molar-refractivity contribution in [1.29, 1.82) is 0 Å². The van der Waals surface area contributed by atoms with E-state index in [1.54, 1.807) is 0 Å². The lowest BCUT2D eigenvalue weighted by Gasteiger charge is -2.28. The van der Waals surface area contributed by atoms with Crippen LogP contribution in [0, 0.1) is 0 Å². The van der Waals surface area contributed by atoms with Crippen LogP contribution in [-0.4, -0.2) is 7.85 Å². The maximum absolute atomic E-state index is 6.05. The first-order valence-electron chi connectivity index (χ1n) is 15.0. The molecular formula is C38H38BBrN2. The topological polar surface area (TPSA) is 6.48 Å². The molecule has 5 rings (SSSR count). The predicted octanol–water partition coefficient (Wildman–Crippen LogP) is 10.9. The largest absolute Gasteiger partial charge is 0.311 e. The predicted molar refractivity (Wildman–Crippen MR) is 186 cm³/mol. The van der Waals surface area contributed by atoms with Crippen LogP contribution in [0.3, 0.4) is 0 Å². The maximum atomic E-state index is 6.05. The lowest BCUT2D eigenvalue weighted by molar-refractivity contribution is 0.795. The van der Waals surface area contributed by atoms with Crippen LogP contribution in [0.25, 0.3) is 0 Å². The summed E-state index contributed by atoms with van der Waals surface area (Å²) in [6, 6.07) is 43.4. The van der Waals surface area contributed by atoms with Crippen LogP contribution in [0.15, 0.2) is 126 Å². The number of rotatable bonds is 12. The van der Waals surface area contributed by atoms with E-state index in [1.165, 1.54) is 36.8 Å². The van der Waals surface area contributed by atoms with Crippen molar-refractivity contribution in [3.8, 4) is 0 Å². The summed E-state index contributed by atoms with van der Waals surface area (Å²) in [5, 5.41) is 0. The zero-order valence-electron chi connectivity index (χ0n) is 24.6. The fourth-order valence-electron chi connectivity index (χ4n) is 5.24. The molecule has 0 spiro atoms. The summed E-state index contributed by atoms with van der Waals surface area (Å²) < 4.78 is 1.07. The Labute approximate surface area is 261 Å². The summed E-state index contributed by atoms with van der Waals surface area (Å²) in [6.45, 7) is 4.48. The molecule has 0 unspecified atom stereocenters. The summed E-state index contributed by atoms with van der Waals surface area (Å²) in [7, 11) is 6.05. The second-order valence-corrected chi connectivity index (χ2v) is 11.7. The standard InChI is InChI=1S/C38H38BBrN2/c1-3-5-7-29-9-17-33(18-10-29)41(35-21-13-31(39)14-22-35)37-25-27-38(28-26-37)42(36-23-15-32(40)16-24-36)34-19-11-30(12-20-34)8-6-4-2/h9-28H,3-8H2,1-2H3. The van der Waals surface area contributed by atoms with Crippen LogP contribution in [0.5, 0.6) is 0 Å². The highest BCUT2D eigenvalue weighted by Gasteiger charge is 2.16. The minimum atomic E-state index is 0.759. The zero-order chi connectivity index (χ0) is 29.3. The van der Waals surface area contributed by atoms with Gasteiger partial charge in [0.25, 0.3) is 0 Å². The quantitative estimate of drug-likeness (QED) is 0.129. The lowest BCUT2D eigenvalue weighted by atomic mass is 9.96. The van der Waals surface area contributed by atoms with Crippen molar-refractivity contribution in [3.63, 3.8) is 0 Å². The van der Waals surface area contributed by atoms with E-state index in [4.69, 9.17) is 7.85 Å². The van der Waals surface area contributed by atoms with Crippen LogP contribution >= 0.6 is 15.9 Å². The molecule has 0 aromatic heterocycles. The molecular weight excluding hydrogens is 575 g/mol. The van der Waals surface area contributed by atoms with Crippen LogP contribution in [-0.2, 0) is 12.8 Å². The summed E-state index contributed by atoms with van der Waals surface area (Å²) in [4.78, 5) is 4.61. The van der Waals surface area contributed by atoms with Gasteiger partial charge in [-0.25, -0.2) is 0 Å². The molecule has 0 aliphatic heterocycles. The Hall–Kier alpha value is -3.76. The summed E-state index contributed by atoms with van der Waals surface area (Å²) in [5.41, 5.74) is 10.2. The van der Waals surface area contributed by atoms with Crippen LogP contribution in [0.4, 0.5) is 34.1 Å². The molecule has 4 heteroatoms. The Morgan fingerprint density at radius 2 is 0.738 bits per heavy atom. The molecule has 2 nitrogen and oxygen atoms in total. The van der Waals surface area contributed by atoms with E-state index in [2.05, 4.69) is 149 Å². The summed E-state index contributed by atoms with van der Waals surface area (Å²) in [6.07, 6.45) is 7.05. The molecule has 42 heavy (non-hydrogen) atoms. The van der Waals surface area contributed by atoms with Gasteiger partial charge >= 0.3 is 0 Å². The van der Waals surface area contributed by atoms with Gasteiger partial charge in [-0.2, -0.15) is 0 Å². The SMILES string of the molecule is [B]c1ccc(N(c2ccc(CCCC)cc2)c2ccc(N(c3ccc(Br)cc3)c3ccc(CCCC)cc3)cc2)cc1. The van der Waals surface area contributed by atoms with Gasteiger partial charge in [0.1, 0.15) is 7.85 Å². The highest BCUT2D eigenvalue weighted by atomic mass is 79.9. The summed E-state index contributed by atoms with van der Waals surface area (Å²) in [5.74, 6) is 0. The molecule has 0 saturated heterocycles. The molecule has 0 fully saturated rings. The van der Waals surface area contributed by atoms with Gasteiger partial charge in [0.05, 0.1) is 0 Å². The van der Waals surface area contributed by atoms with E-state index in [0.717, 1.165) is 56.9 Å². The van der Waals surface area contributed by atoms with Crippen molar-refractivity contribution in [1.82, 2.24) is 0 Å². The van der Waals surface area contributed by atoms with Gasteiger partial charge in [0.15, 0.2) is 0 Å². The van der Waals surface area contributed by atoms with E-state index < -0.39 is 0 Å².